The topological polar surface area (TPSA) is 53.0 Å². The van der Waals surface area contributed by atoms with Crippen LogP contribution in [0.15, 0.2) is 18.2 Å². The fraction of sp³-hybridized carbons (Fsp3) is 0.588. The summed E-state index contributed by atoms with van der Waals surface area (Å²) >= 11 is 0. The molecule has 1 aliphatic heterocycles. The molecule has 5 heteroatoms. The van der Waals surface area contributed by atoms with Gasteiger partial charge in [0.15, 0.2) is 0 Å². The number of phenolic OH excluding ortho intramolecular Hbond substituents is 1. The lowest BCUT2D eigenvalue weighted by Crippen LogP contribution is -2.55. The van der Waals surface area contributed by atoms with Crippen molar-refractivity contribution in [3.63, 3.8) is 0 Å². The summed E-state index contributed by atoms with van der Waals surface area (Å²) in [6, 6.07) is 5.51. The number of ether oxygens (including phenoxy) is 1. The number of carbonyl (C=O) groups excluding carboxylic acids is 1. The number of hydrogen-bond acceptors (Lipinski definition) is 4. The van der Waals surface area contributed by atoms with E-state index in [1.165, 1.54) is 0 Å². The van der Waals surface area contributed by atoms with Crippen LogP contribution in [0.2, 0.25) is 0 Å². The minimum Gasteiger partial charge on any atom is -0.507 e. The molecule has 1 fully saturated rings. The highest BCUT2D eigenvalue weighted by Gasteiger charge is 2.29. The van der Waals surface area contributed by atoms with Crippen LogP contribution in [0.5, 0.6) is 5.75 Å². The van der Waals surface area contributed by atoms with Gasteiger partial charge in [-0.05, 0) is 25.5 Å². The van der Waals surface area contributed by atoms with Crippen molar-refractivity contribution >= 4 is 5.91 Å². The first-order valence-electron chi connectivity index (χ1n) is 7.88. The van der Waals surface area contributed by atoms with Crippen LogP contribution in [0.4, 0.5) is 0 Å². The molecule has 1 aliphatic rings. The van der Waals surface area contributed by atoms with E-state index in [2.05, 4.69) is 11.8 Å². The van der Waals surface area contributed by atoms with Crippen LogP contribution in [-0.4, -0.2) is 66.8 Å². The fourth-order valence-electron chi connectivity index (χ4n) is 2.96. The first-order chi connectivity index (χ1) is 10.6. The van der Waals surface area contributed by atoms with E-state index in [-0.39, 0.29) is 11.7 Å². The van der Waals surface area contributed by atoms with Gasteiger partial charge >= 0.3 is 0 Å². The number of phenols is 1. The molecule has 0 saturated carbocycles. The molecule has 1 aromatic rings. The van der Waals surface area contributed by atoms with Crippen molar-refractivity contribution in [2.45, 2.75) is 26.3 Å². The van der Waals surface area contributed by atoms with E-state index < -0.39 is 0 Å². The third-order valence-corrected chi connectivity index (χ3v) is 4.33. The highest BCUT2D eigenvalue weighted by atomic mass is 16.5. The predicted octanol–water partition coefficient (Wildman–Crippen LogP) is 1.88. The molecule has 1 atom stereocenters. The first-order valence-corrected chi connectivity index (χ1v) is 7.88. The van der Waals surface area contributed by atoms with Crippen LogP contribution >= 0.6 is 0 Å². The predicted molar refractivity (Wildman–Crippen MR) is 86.3 cm³/mol. The van der Waals surface area contributed by atoms with Gasteiger partial charge in [-0.3, -0.25) is 9.69 Å². The number of piperazine rings is 1. The minimum atomic E-state index is -0.0777. The molecule has 1 unspecified atom stereocenters. The number of methoxy groups -OCH3 is 1. The van der Waals surface area contributed by atoms with Gasteiger partial charge in [-0.1, -0.05) is 18.6 Å². The van der Waals surface area contributed by atoms with Gasteiger partial charge in [0.1, 0.15) is 5.75 Å². The molecule has 1 N–H and O–H groups in total. The highest BCUT2D eigenvalue weighted by Crippen LogP contribution is 2.22. The Balaban J connectivity index is 2.07. The molecule has 1 amide bonds. The summed E-state index contributed by atoms with van der Waals surface area (Å²) in [6.07, 6.45) is 0.993. The van der Waals surface area contributed by atoms with Crippen molar-refractivity contribution in [1.29, 1.82) is 0 Å². The number of carbonyl (C=O) groups is 1. The van der Waals surface area contributed by atoms with E-state index in [9.17, 15) is 9.90 Å². The summed E-state index contributed by atoms with van der Waals surface area (Å²) in [5.74, 6) is -0.0171. The van der Waals surface area contributed by atoms with Gasteiger partial charge in [0.05, 0.1) is 12.2 Å². The zero-order chi connectivity index (χ0) is 16.1. The van der Waals surface area contributed by atoms with Gasteiger partial charge < -0.3 is 14.7 Å². The van der Waals surface area contributed by atoms with E-state index in [4.69, 9.17) is 4.74 Å². The number of aryl methyl sites for hydroxylation is 1. The maximum atomic E-state index is 12.7. The Bertz CT molecular complexity index is 519. The van der Waals surface area contributed by atoms with E-state index >= 15 is 0 Å². The maximum absolute atomic E-state index is 12.7. The number of hydrogen-bond donors (Lipinski definition) is 1. The van der Waals surface area contributed by atoms with Crippen molar-refractivity contribution in [2.75, 3.05) is 39.9 Å². The van der Waals surface area contributed by atoms with Gasteiger partial charge in [0, 0.05) is 39.3 Å². The second kappa shape index (κ2) is 7.61. The van der Waals surface area contributed by atoms with Crippen molar-refractivity contribution in [2.24, 2.45) is 0 Å². The highest BCUT2D eigenvalue weighted by molar-refractivity contribution is 5.97. The first kappa shape index (κ1) is 16.8. The molecule has 1 saturated heterocycles. The van der Waals surface area contributed by atoms with Gasteiger partial charge in [0.2, 0.25) is 0 Å². The number of rotatable bonds is 5. The second-order valence-corrected chi connectivity index (χ2v) is 5.86. The molecule has 5 nitrogen and oxygen atoms in total. The fourth-order valence-corrected chi connectivity index (χ4v) is 2.96. The van der Waals surface area contributed by atoms with Crippen molar-refractivity contribution in [3.05, 3.63) is 29.3 Å². The number of aromatic hydroxyl groups is 1. The summed E-state index contributed by atoms with van der Waals surface area (Å²) in [7, 11) is 1.71. The van der Waals surface area contributed by atoms with Crippen molar-refractivity contribution in [1.82, 2.24) is 9.80 Å². The number of benzene rings is 1. The molecule has 0 aromatic heterocycles. The number of amides is 1. The van der Waals surface area contributed by atoms with Crippen molar-refractivity contribution < 1.29 is 14.6 Å². The Hall–Kier alpha value is -1.59. The lowest BCUT2D eigenvalue weighted by Gasteiger charge is -2.41. The van der Waals surface area contributed by atoms with E-state index in [0.717, 1.165) is 25.1 Å². The molecule has 0 radical (unpaired) electrons. The largest absolute Gasteiger partial charge is 0.507 e. The Labute approximate surface area is 132 Å². The molecule has 22 heavy (non-hydrogen) atoms. The van der Waals surface area contributed by atoms with E-state index in [1.807, 2.05) is 17.9 Å². The molecule has 0 spiro atoms. The molecule has 0 bridgehead atoms. The van der Waals surface area contributed by atoms with Gasteiger partial charge in [-0.15, -0.1) is 0 Å². The molecule has 0 aliphatic carbocycles. The van der Waals surface area contributed by atoms with Gasteiger partial charge in [-0.25, -0.2) is 0 Å². The second-order valence-electron chi connectivity index (χ2n) is 5.86. The van der Waals surface area contributed by atoms with Crippen LogP contribution in [-0.2, 0) is 4.74 Å². The minimum absolute atomic E-state index is 0.0606. The van der Waals surface area contributed by atoms with Crippen LogP contribution in [0.25, 0.3) is 0 Å². The Morgan fingerprint density at radius 1 is 1.41 bits per heavy atom. The molecular formula is C17H26N2O3. The molecule has 1 heterocycles. The van der Waals surface area contributed by atoms with Crippen LogP contribution < -0.4 is 0 Å². The van der Waals surface area contributed by atoms with Crippen LogP contribution in [0.3, 0.4) is 0 Å². The molecular weight excluding hydrogens is 280 g/mol. The lowest BCUT2D eigenvalue weighted by molar-refractivity contribution is 0.0382. The van der Waals surface area contributed by atoms with Crippen molar-refractivity contribution in [3.8, 4) is 5.75 Å². The smallest absolute Gasteiger partial charge is 0.257 e. The quantitative estimate of drug-likeness (QED) is 0.902. The summed E-state index contributed by atoms with van der Waals surface area (Å²) in [5, 5.41) is 9.95. The van der Waals surface area contributed by atoms with Crippen LogP contribution in [0, 0.1) is 6.92 Å². The van der Waals surface area contributed by atoms with Crippen LogP contribution in [0.1, 0.15) is 29.3 Å². The summed E-state index contributed by atoms with van der Waals surface area (Å²) in [6.45, 7) is 7.91. The zero-order valence-corrected chi connectivity index (χ0v) is 13.7. The Morgan fingerprint density at radius 2 is 2.18 bits per heavy atom. The standard InChI is InChI=1S/C17H26N2O3/c1-4-14-12-19(8-7-18(14)9-10-22-3)17(21)15-11-13(2)5-6-16(15)20/h5-6,11,14,20H,4,7-10,12H2,1-3H3. The summed E-state index contributed by atoms with van der Waals surface area (Å²) in [5.41, 5.74) is 1.38. The average Bonchev–Trinajstić information content (AvgIpc) is 2.54. The Kier molecular flexibility index (Phi) is 5.80. The third kappa shape index (κ3) is 3.78. The van der Waals surface area contributed by atoms with Gasteiger partial charge in [-0.2, -0.15) is 0 Å². The molecule has 1 aromatic carbocycles. The van der Waals surface area contributed by atoms with E-state index in [1.54, 1.807) is 19.2 Å². The summed E-state index contributed by atoms with van der Waals surface area (Å²) in [4.78, 5) is 16.9. The molecule has 2 rings (SSSR count). The molecule has 122 valence electrons. The normalized spacial score (nSPS) is 19.4. The van der Waals surface area contributed by atoms with Gasteiger partial charge in [0.25, 0.3) is 5.91 Å². The lowest BCUT2D eigenvalue weighted by atomic mass is 10.1. The maximum Gasteiger partial charge on any atom is 0.257 e. The van der Waals surface area contributed by atoms with E-state index in [0.29, 0.717) is 31.3 Å². The SMILES string of the molecule is CCC1CN(C(=O)c2cc(C)ccc2O)CCN1CCOC. The third-order valence-electron chi connectivity index (χ3n) is 4.33. The number of nitrogens with zero attached hydrogens (tertiary/aromatic N) is 2. The summed E-state index contributed by atoms with van der Waals surface area (Å²) < 4.78 is 5.15. The monoisotopic (exact) mass is 306 g/mol. The Morgan fingerprint density at radius 3 is 2.86 bits per heavy atom. The zero-order valence-electron chi connectivity index (χ0n) is 13.7. The average molecular weight is 306 g/mol.